The lowest BCUT2D eigenvalue weighted by Gasteiger charge is -2.11. The first-order chi connectivity index (χ1) is 13.8. The number of nitrogens with zero attached hydrogens (tertiary/aromatic N) is 1. The number of amides is 1. The summed E-state index contributed by atoms with van der Waals surface area (Å²) < 4.78 is 22.2. The zero-order chi connectivity index (χ0) is 21.0. The largest absolute Gasteiger partial charge is 0.479 e. The predicted octanol–water partition coefficient (Wildman–Crippen LogP) is 2.44. The predicted molar refractivity (Wildman–Crippen MR) is 108 cm³/mol. The van der Waals surface area contributed by atoms with Crippen LogP contribution in [0.2, 0.25) is 0 Å². The minimum atomic E-state index is -2.70. The van der Waals surface area contributed by atoms with Gasteiger partial charge in [-0.2, -0.15) is 0 Å². The Morgan fingerprint density at radius 1 is 1.21 bits per heavy atom. The summed E-state index contributed by atoms with van der Waals surface area (Å²) in [4.78, 5) is 28.0. The molecule has 1 heterocycles. The van der Waals surface area contributed by atoms with Crippen molar-refractivity contribution in [1.29, 1.82) is 0 Å². The maximum Gasteiger partial charge on any atom is 0.338 e. The average molecular weight is 437 g/mol. The molecule has 3 rings (SSSR count). The summed E-state index contributed by atoms with van der Waals surface area (Å²) in [7, 11) is -2.70. The van der Waals surface area contributed by atoms with Gasteiger partial charge < -0.3 is 10.2 Å². The van der Waals surface area contributed by atoms with Gasteiger partial charge in [0.1, 0.15) is 0 Å². The Kier molecular flexibility index (Phi) is 6.78. The number of nitrogens with one attached hydrogen (secondary N) is 1. The third-order valence-corrected chi connectivity index (χ3v) is 6.37. The molecule has 3 N–H and O–H groups in total. The summed E-state index contributed by atoms with van der Waals surface area (Å²) in [6, 6.07) is 6.06. The van der Waals surface area contributed by atoms with E-state index in [0.717, 1.165) is 37.0 Å². The van der Waals surface area contributed by atoms with E-state index in [9.17, 15) is 23.1 Å². The number of aliphatic hydroxyl groups is 1. The number of carboxylic acids is 1. The number of hydrogen-bond donors (Lipinski definition) is 4. The van der Waals surface area contributed by atoms with E-state index < -0.39 is 28.7 Å². The van der Waals surface area contributed by atoms with Crippen LogP contribution in [0.4, 0.5) is 5.13 Å². The molecule has 0 radical (unpaired) electrons. The molecule has 0 bridgehead atoms. The van der Waals surface area contributed by atoms with E-state index in [1.807, 2.05) is 6.08 Å². The number of aliphatic carboxylic acids is 1. The highest BCUT2D eigenvalue weighted by molar-refractivity contribution is 7.72. The van der Waals surface area contributed by atoms with Crippen molar-refractivity contribution in [1.82, 2.24) is 4.98 Å². The maximum absolute atomic E-state index is 12.9. The molecule has 1 fully saturated rings. The standard InChI is InChI=1S/C19H20N2O6S2/c22-16(18(24)25)15-10-20-19(28-15)21-17(23)14(9-11-3-1-2-4-11)12-5-7-13(8-6-12)29(26)27/h5-11,16,22,29H,1-4H2,(H,24,25)(H,20,21,23)/b14-9+. The summed E-state index contributed by atoms with van der Waals surface area (Å²) in [5.74, 6) is -1.57. The van der Waals surface area contributed by atoms with Gasteiger partial charge >= 0.3 is 5.97 Å². The number of carboxylic acid groups (broad SMARTS) is 1. The van der Waals surface area contributed by atoms with Crippen molar-refractivity contribution < 1.29 is 28.2 Å². The molecule has 0 spiro atoms. The van der Waals surface area contributed by atoms with Gasteiger partial charge in [-0.25, -0.2) is 18.2 Å². The Hall–Kier alpha value is -2.56. The van der Waals surface area contributed by atoms with Crippen LogP contribution >= 0.6 is 11.3 Å². The van der Waals surface area contributed by atoms with Crippen molar-refractivity contribution in [2.45, 2.75) is 36.7 Å². The molecule has 1 aromatic heterocycles. The van der Waals surface area contributed by atoms with Crippen LogP contribution in [-0.2, 0) is 20.3 Å². The number of thiol groups is 1. The lowest BCUT2D eigenvalue weighted by atomic mass is 9.98. The molecule has 0 saturated heterocycles. The van der Waals surface area contributed by atoms with Crippen LogP contribution in [-0.4, -0.2) is 35.5 Å². The van der Waals surface area contributed by atoms with Gasteiger partial charge in [-0.3, -0.25) is 10.1 Å². The van der Waals surface area contributed by atoms with Crippen molar-refractivity contribution in [2.75, 3.05) is 5.32 Å². The summed E-state index contributed by atoms with van der Waals surface area (Å²) in [5.41, 5.74) is 0.984. The van der Waals surface area contributed by atoms with Gasteiger partial charge in [0.2, 0.25) is 0 Å². The molecule has 10 heteroatoms. The van der Waals surface area contributed by atoms with Gasteiger partial charge in [0, 0.05) is 11.8 Å². The van der Waals surface area contributed by atoms with E-state index in [-0.39, 0.29) is 20.8 Å². The van der Waals surface area contributed by atoms with Crippen LogP contribution < -0.4 is 5.32 Å². The van der Waals surface area contributed by atoms with Crippen LogP contribution in [0.1, 0.15) is 42.2 Å². The first-order valence-electron chi connectivity index (χ1n) is 8.99. The number of carbonyl (C=O) groups excluding carboxylic acids is 1. The highest BCUT2D eigenvalue weighted by Crippen LogP contribution is 2.31. The molecule has 154 valence electrons. The molecule has 1 aliphatic rings. The quantitative estimate of drug-likeness (QED) is 0.387. The van der Waals surface area contributed by atoms with Crippen molar-refractivity contribution in [3.05, 3.63) is 47.0 Å². The summed E-state index contributed by atoms with van der Waals surface area (Å²) in [6.07, 6.45) is 5.55. The monoisotopic (exact) mass is 436 g/mol. The van der Waals surface area contributed by atoms with Gasteiger partial charge in [0.15, 0.2) is 21.9 Å². The van der Waals surface area contributed by atoms with Gasteiger partial charge in [0.25, 0.3) is 5.91 Å². The van der Waals surface area contributed by atoms with Crippen molar-refractivity contribution in [2.24, 2.45) is 5.92 Å². The van der Waals surface area contributed by atoms with E-state index in [1.54, 1.807) is 12.1 Å². The second-order valence-electron chi connectivity index (χ2n) is 6.69. The number of hydrogen-bond acceptors (Lipinski definition) is 7. The van der Waals surface area contributed by atoms with Gasteiger partial charge in [-0.15, -0.1) is 0 Å². The molecule has 1 unspecified atom stereocenters. The first kappa shape index (κ1) is 21.2. The molecule has 8 nitrogen and oxygen atoms in total. The van der Waals surface area contributed by atoms with Crippen LogP contribution in [0.15, 0.2) is 41.4 Å². The zero-order valence-corrected chi connectivity index (χ0v) is 17.0. The van der Waals surface area contributed by atoms with Crippen LogP contribution in [0, 0.1) is 5.92 Å². The van der Waals surface area contributed by atoms with Crippen LogP contribution in [0.25, 0.3) is 5.57 Å². The minimum absolute atomic E-state index is 0.109. The fraction of sp³-hybridized carbons (Fsp3) is 0.316. The normalized spacial score (nSPS) is 16.1. The molecule has 1 atom stereocenters. The van der Waals surface area contributed by atoms with Crippen molar-refractivity contribution in [3.63, 3.8) is 0 Å². The third-order valence-electron chi connectivity index (χ3n) is 4.68. The fourth-order valence-corrected chi connectivity index (χ4v) is 4.37. The number of carbonyl (C=O) groups is 2. The third kappa shape index (κ3) is 5.28. The van der Waals surface area contributed by atoms with Crippen LogP contribution in [0.3, 0.4) is 0 Å². The van der Waals surface area contributed by atoms with Gasteiger partial charge in [0.05, 0.1) is 9.77 Å². The Morgan fingerprint density at radius 3 is 2.45 bits per heavy atom. The number of rotatable bonds is 7. The Balaban J connectivity index is 1.85. The van der Waals surface area contributed by atoms with E-state index in [4.69, 9.17) is 5.11 Å². The highest BCUT2D eigenvalue weighted by Gasteiger charge is 2.22. The minimum Gasteiger partial charge on any atom is -0.479 e. The van der Waals surface area contributed by atoms with E-state index >= 15 is 0 Å². The lowest BCUT2D eigenvalue weighted by molar-refractivity contribution is -0.146. The second kappa shape index (κ2) is 9.29. The van der Waals surface area contributed by atoms with E-state index in [1.165, 1.54) is 18.3 Å². The smallest absolute Gasteiger partial charge is 0.338 e. The topological polar surface area (TPSA) is 134 Å². The zero-order valence-electron chi connectivity index (χ0n) is 15.3. The highest BCUT2D eigenvalue weighted by atomic mass is 32.2. The van der Waals surface area contributed by atoms with Crippen molar-refractivity contribution in [3.8, 4) is 0 Å². The SMILES string of the molecule is O=C(Nc1ncc(C(O)C(=O)O)s1)/C(=C/C1CCCC1)c1ccc([SH](=O)=O)cc1. The summed E-state index contributed by atoms with van der Waals surface area (Å²) in [6.45, 7) is 0. The summed E-state index contributed by atoms with van der Waals surface area (Å²) in [5, 5.41) is 21.3. The van der Waals surface area contributed by atoms with E-state index in [0.29, 0.717) is 11.1 Å². The Morgan fingerprint density at radius 2 is 1.86 bits per heavy atom. The molecule has 1 amide bonds. The van der Waals surface area contributed by atoms with Gasteiger partial charge in [-0.05, 0) is 36.5 Å². The van der Waals surface area contributed by atoms with Crippen molar-refractivity contribution >= 4 is 44.6 Å². The number of thiazole rings is 1. The number of anilines is 1. The van der Waals surface area contributed by atoms with E-state index in [2.05, 4.69) is 10.3 Å². The molecule has 2 aromatic rings. The molecule has 29 heavy (non-hydrogen) atoms. The summed E-state index contributed by atoms with van der Waals surface area (Å²) >= 11 is 0.878. The number of benzene rings is 1. The molecule has 1 saturated carbocycles. The molecule has 1 aliphatic carbocycles. The number of allylic oxidation sites excluding steroid dienone is 1. The molecule has 0 aliphatic heterocycles. The maximum atomic E-state index is 12.9. The second-order valence-corrected chi connectivity index (χ2v) is 8.78. The molecule has 1 aromatic carbocycles. The first-order valence-corrected chi connectivity index (χ1v) is 11.0. The van der Waals surface area contributed by atoms with Gasteiger partial charge in [-0.1, -0.05) is 42.4 Å². The number of aromatic nitrogens is 1. The molecular weight excluding hydrogens is 416 g/mol. The Bertz CT molecular complexity index is 996. The lowest BCUT2D eigenvalue weighted by Crippen LogP contribution is -2.14. The molecular formula is C19H20N2O6S2. The van der Waals surface area contributed by atoms with Crippen LogP contribution in [0.5, 0.6) is 0 Å². The average Bonchev–Trinajstić information content (AvgIpc) is 3.37. The number of aliphatic hydroxyl groups excluding tert-OH is 1. The Labute approximate surface area is 172 Å². The fourth-order valence-electron chi connectivity index (χ4n) is 3.18.